The Bertz CT molecular complexity index is 282. The molecular formula is C10H14F3NO. The zero-order chi connectivity index (χ0) is 12.1. The maximum atomic E-state index is 11.9. The third-order valence-electron chi connectivity index (χ3n) is 1.52. The van der Waals surface area contributed by atoms with E-state index in [4.69, 9.17) is 5.11 Å². The van der Waals surface area contributed by atoms with E-state index in [1.807, 2.05) is 13.8 Å². The van der Waals surface area contributed by atoms with E-state index in [0.717, 1.165) is 11.6 Å². The Morgan fingerprint density at radius 2 is 1.80 bits per heavy atom. The zero-order valence-corrected chi connectivity index (χ0v) is 8.84. The van der Waals surface area contributed by atoms with E-state index >= 15 is 0 Å². The molecule has 1 N–H and O–H groups in total. The van der Waals surface area contributed by atoms with Gasteiger partial charge in [-0.15, -0.1) is 0 Å². The van der Waals surface area contributed by atoms with Crippen molar-refractivity contribution in [1.29, 1.82) is 0 Å². The van der Waals surface area contributed by atoms with Gasteiger partial charge in [0.25, 0.3) is 0 Å². The van der Waals surface area contributed by atoms with Gasteiger partial charge in [0.05, 0.1) is 5.69 Å². The van der Waals surface area contributed by atoms with Gasteiger partial charge in [0.2, 0.25) is 0 Å². The molecule has 0 amide bonds. The van der Waals surface area contributed by atoms with E-state index in [0.29, 0.717) is 0 Å². The molecule has 1 aromatic heterocycles. The quantitative estimate of drug-likeness (QED) is 0.790. The molecule has 0 spiro atoms. The van der Waals surface area contributed by atoms with Crippen molar-refractivity contribution in [2.24, 2.45) is 0 Å². The van der Waals surface area contributed by atoms with Gasteiger partial charge in [0.1, 0.15) is 0 Å². The Morgan fingerprint density at radius 3 is 2.13 bits per heavy atom. The van der Waals surface area contributed by atoms with Crippen LogP contribution in [0.15, 0.2) is 18.3 Å². The number of nitrogens with zero attached hydrogens (tertiary/aromatic N) is 1. The fourth-order valence-electron chi connectivity index (χ4n) is 0.809. The number of aliphatic hydroxyl groups is 1. The normalized spacial score (nSPS) is 12.7. The first-order valence-electron chi connectivity index (χ1n) is 4.58. The first-order chi connectivity index (χ1) is 6.91. The molecule has 1 atom stereocenters. The van der Waals surface area contributed by atoms with E-state index in [9.17, 15) is 13.2 Å². The summed E-state index contributed by atoms with van der Waals surface area (Å²) in [5.74, 6) is 0. The number of hydrogen-bond donors (Lipinski definition) is 1. The highest BCUT2D eigenvalue weighted by molar-refractivity contribution is 5.14. The summed E-state index contributed by atoms with van der Waals surface area (Å²) in [7, 11) is 0. The Balaban J connectivity index is 0.000000921. The van der Waals surface area contributed by atoms with Crippen molar-refractivity contribution in [3.63, 3.8) is 0 Å². The Hall–Kier alpha value is -1.10. The van der Waals surface area contributed by atoms with Gasteiger partial charge in [-0.25, -0.2) is 0 Å². The average molecular weight is 221 g/mol. The van der Waals surface area contributed by atoms with Crippen molar-refractivity contribution < 1.29 is 18.3 Å². The van der Waals surface area contributed by atoms with E-state index < -0.39 is 12.3 Å². The number of aryl methyl sites for hydroxylation is 1. The molecule has 0 aliphatic heterocycles. The predicted octanol–water partition coefficient (Wildman–Crippen LogP) is 3.01. The zero-order valence-electron chi connectivity index (χ0n) is 8.84. The van der Waals surface area contributed by atoms with E-state index in [-0.39, 0.29) is 5.69 Å². The smallest absolute Gasteiger partial charge is 0.378 e. The highest BCUT2D eigenvalue weighted by Gasteiger charge is 2.40. The lowest BCUT2D eigenvalue weighted by molar-refractivity contribution is -0.207. The number of aromatic nitrogens is 1. The van der Waals surface area contributed by atoms with Crippen LogP contribution < -0.4 is 0 Å². The second kappa shape index (κ2) is 5.70. The molecule has 1 unspecified atom stereocenters. The number of pyridine rings is 1. The summed E-state index contributed by atoms with van der Waals surface area (Å²) < 4.78 is 35.8. The van der Waals surface area contributed by atoms with Crippen LogP contribution in [0.5, 0.6) is 0 Å². The summed E-state index contributed by atoms with van der Waals surface area (Å²) in [6.45, 7) is 5.71. The Labute approximate surface area is 86.8 Å². The van der Waals surface area contributed by atoms with Crippen molar-refractivity contribution in [3.05, 3.63) is 29.6 Å². The van der Waals surface area contributed by atoms with Gasteiger partial charge >= 0.3 is 6.18 Å². The summed E-state index contributed by atoms with van der Waals surface area (Å²) in [6, 6.07) is 2.63. The van der Waals surface area contributed by atoms with Crippen molar-refractivity contribution in [2.75, 3.05) is 0 Å². The lowest BCUT2D eigenvalue weighted by Gasteiger charge is -2.13. The van der Waals surface area contributed by atoms with Crippen LogP contribution in [-0.2, 0) is 0 Å². The molecule has 0 aliphatic rings. The molecule has 0 aliphatic carbocycles. The highest BCUT2D eigenvalue weighted by Crippen LogP contribution is 2.30. The summed E-state index contributed by atoms with van der Waals surface area (Å²) >= 11 is 0. The molecule has 1 rings (SSSR count). The molecule has 0 saturated carbocycles. The molecule has 0 aromatic carbocycles. The third-order valence-corrected chi connectivity index (χ3v) is 1.52. The Morgan fingerprint density at radius 1 is 1.27 bits per heavy atom. The van der Waals surface area contributed by atoms with Gasteiger partial charge in [-0.2, -0.15) is 13.2 Å². The highest BCUT2D eigenvalue weighted by atomic mass is 19.4. The van der Waals surface area contributed by atoms with Gasteiger partial charge in [-0.05, 0) is 18.6 Å². The van der Waals surface area contributed by atoms with Gasteiger partial charge in [0, 0.05) is 6.20 Å². The molecule has 0 bridgehead atoms. The molecule has 1 aromatic rings. The number of aliphatic hydroxyl groups excluding tert-OH is 1. The molecule has 5 heteroatoms. The van der Waals surface area contributed by atoms with Crippen LogP contribution in [-0.4, -0.2) is 16.3 Å². The lowest BCUT2D eigenvalue weighted by atomic mass is 10.2. The fraction of sp³-hybridized carbons (Fsp3) is 0.500. The minimum absolute atomic E-state index is 0.377. The minimum atomic E-state index is -4.65. The second-order valence-electron chi connectivity index (χ2n) is 2.70. The minimum Gasteiger partial charge on any atom is -0.378 e. The first-order valence-corrected chi connectivity index (χ1v) is 4.58. The summed E-state index contributed by atoms with van der Waals surface area (Å²) in [4.78, 5) is 3.47. The van der Waals surface area contributed by atoms with E-state index in [1.165, 1.54) is 12.3 Å². The van der Waals surface area contributed by atoms with Crippen molar-refractivity contribution in [2.45, 2.75) is 33.1 Å². The number of halogens is 3. The third kappa shape index (κ3) is 4.29. The van der Waals surface area contributed by atoms with Crippen LogP contribution in [0.25, 0.3) is 0 Å². The summed E-state index contributed by atoms with van der Waals surface area (Å²) in [5.41, 5.74) is 0.372. The Kier molecular flexibility index (Phi) is 5.28. The number of rotatable bonds is 1. The van der Waals surface area contributed by atoms with Crippen LogP contribution >= 0.6 is 0 Å². The summed E-state index contributed by atoms with van der Waals surface area (Å²) in [6.07, 6.45) is -5.86. The largest absolute Gasteiger partial charge is 0.420 e. The molecule has 0 fully saturated rings. The van der Waals surface area contributed by atoms with Gasteiger partial charge in [0.15, 0.2) is 6.10 Å². The molecule has 86 valence electrons. The molecule has 2 nitrogen and oxygen atoms in total. The molecule has 0 radical (unpaired) electrons. The molecule has 0 saturated heterocycles. The van der Waals surface area contributed by atoms with Gasteiger partial charge in [-0.1, -0.05) is 19.9 Å². The number of alkyl halides is 3. The van der Waals surface area contributed by atoms with Gasteiger partial charge < -0.3 is 5.11 Å². The van der Waals surface area contributed by atoms with E-state index in [2.05, 4.69) is 4.98 Å². The average Bonchev–Trinajstić information content (AvgIpc) is 2.20. The maximum absolute atomic E-state index is 11.9. The van der Waals surface area contributed by atoms with Crippen molar-refractivity contribution in [1.82, 2.24) is 4.98 Å². The fourth-order valence-corrected chi connectivity index (χ4v) is 0.809. The standard InChI is InChI=1S/C8H8F3NO.C2H6/c1-5-2-3-6(12-4-5)7(13)8(9,10)11;1-2/h2-4,7,13H,1H3;1-2H3. The topological polar surface area (TPSA) is 33.1 Å². The van der Waals surface area contributed by atoms with Crippen molar-refractivity contribution in [3.8, 4) is 0 Å². The van der Waals surface area contributed by atoms with Crippen LogP contribution in [0.3, 0.4) is 0 Å². The van der Waals surface area contributed by atoms with Gasteiger partial charge in [-0.3, -0.25) is 4.98 Å². The van der Waals surface area contributed by atoms with Crippen LogP contribution in [0.2, 0.25) is 0 Å². The predicted molar refractivity (Wildman–Crippen MR) is 51.3 cm³/mol. The van der Waals surface area contributed by atoms with Crippen molar-refractivity contribution >= 4 is 0 Å². The van der Waals surface area contributed by atoms with Crippen LogP contribution in [0.1, 0.15) is 31.2 Å². The number of hydrogen-bond acceptors (Lipinski definition) is 2. The maximum Gasteiger partial charge on any atom is 0.420 e. The van der Waals surface area contributed by atoms with Crippen LogP contribution in [0, 0.1) is 6.92 Å². The molecule has 15 heavy (non-hydrogen) atoms. The second-order valence-corrected chi connectivity index (χ2v) is 2.70. The first kappa shape index (κ1) is 13.9. The molecular weight excluding hydrogens is 207 g/mol. The monoisotopic (exact) mass is 221 g/mol. The molecule has 1 heterocycles. The van der Waals surface area contributed by atoms with Crippen LogP contribution in [0.4, 0.5) is 13.2 Å². The van der Waals surface area contributed by atoms with E-state index in [1.54, 1.807) is 6.92 Å². The summed E-state index contributed by atoms with van der Waals surface area (Å²) in [5, 5.41) is 8.76. The SMILES string of the molecule is CC.Cc1ccc(C(O)C(F)(F)F)nc1. The lowest BCUT2D eigenvalue weighted by Crippen LogP contribution is -2.21.